The quantitative estimate of drug-likeness (QED) is 0.759. The Bertz CT molecular complexity index is 564. The summed E-state index contributed by atoms with van der Waals surface area (Å²) in [6.45, 7) is 3.42. The molecule has 4 heteroatoms. The average molecular weight is 328 g/mol. The number of amides is 1. The minimum Gasteiger partial charge on any atom is -0.390 e. The number of benzene rings is 1. The molecule has 1 fully saturated rings. The molecule has 0 radical (unpaired) electrons. The zero-order valence-electron chi connectivity index (χ0n) is 14.6. The van der Waals surface area contributed by atoms with Gasteiger partial charge in [0.1, 0.15) is 0 Å². The molecule has 24 heavy (non-hydrogen) atoms. The average Bonchev–Trinajstić information content (AvgIpc) is 3.30. The summed E-state index contributed by atoms with van der Waals surface area (Å²) in [5.74, 6) is 1.03. The molecule has 1 amide bonds. The zero-order chi connectivity index (χ0) is 16.8. The van der Waals surface area contributed by atoms with Crippen LogP contribution in [0.25, 0.3) is 0 Å². The minimum atomic E-state index is -0.0180. The van der Waals surface area contributed by atoms with Crippen molar-refractivity contribution < 1.29 is 9.63 Å². The van der Waals surface area contributed by atoms with Gasteiger partial charge in [0.25, 0.3) is 0 Å². The second kappa shape index (κ2) is 8.32. The number of rotatable bonds is 7. The molecule has 0 aromatic heterocycles. The fourth-order valence-electron chi connectivity index (χ4n) is 3.77. The van der Waals surface area contributed by atoms with Crippen molar-refractivity contribution in [3.8, 4) is 0 Å². The highest BCUT2D eigenvalue weighted by atomic mass is 16.6. The topological polar surface area (TPSA) is 41.9 Å². The van der Waals surface area contributed by atoms with Crippen LogP contribution in [0.2, 0.25) is 0 Å². The van der Waals surface area contributed by atoms with E-state index in [-0.39, 0.29) is 12.0 Å². The van der Waals surface area contributed by atoms with Gasteiger partial charge in [-0.3, -0.25) is 4.79 Å². The molecule has 0 N–H and O–H groups in total. The van der Waals surface area contributed by atoms with Gasteiger partial charge in [-0.25, -0.2) is 0 Å². The van der Waals surface area contributed by atoms with Crippen molar-refractivity contribution in [2.45, 2.75) is 58.0 Å². The van der Waals surface area contributed by atoms with E-state index in [0.717, 1.165) is 36.6 Å². The van der Waals surface area contributed by atoms with E-state index in [1.165, 1.54) is 25.7 Å². The monoisotopic (exact) mass is 328 g/mol. The lowest BCUT2D eigenvalue weighted by molar-refractivity contribution is -0.133. The minimum absolute atomic E-state index is 0.0180. The standard InChI is InChI=1S/C20H28N2O2/c1-2-22(20(23)13-12-16-8-6-7-9-16)15-18-14-19(21-24-18)17-10-4-3-5-11-17/h3-5,10-11,16,18H,2,6-9,12-15H2,1H3. The van der Waals surface area contributed by atoms with Crippen LogP contribution in [0.15, 0.2) is 35.5 Å². The molecule has 130 valence electrons. The lowest BCUT2D eigenvalue weighted by atomic mass is 10.0. The van der Waals surface area contributed by atoms with E-state index in [0.29, 0.717) is 13.0 Å². The predicted octanol–water partition coefficient (Wildman–Crippen LogP) is 4.00. The lowest BCUT2D eigenvalue weighted by Crippen LogP contribution is -2.37. The molecule has 1 aromatic rings. The number of oxime groups is 1. The fraction of sp³-hybridized carbons (Fsp3) is 0.600. The van der Waals surface area contributed by atoms with Crippen LogP contribution in [0.3, 0.4) is 0 Å². The van der Waals surface area contributed by atoms with Gasteiger partial charge < -0.3 is 9.74 Å². The highest BCUT2D eigenvalue weighted by Gasteiger charge is 2.26. The van der Waals surface area contributed by atoms with Gasteiger partial charge in [-0.2, -0.15) is 0 Å². The normalized spacial score (nSPS) is 20.7. The first kappa shape index (κ1) is 17.0. The van der Waals surface area contributed by atoms with Gasteiger partial charge in [0, 0.05) is 19.4 Å². The van der Waals surface area contributed by atoms with E-state index >= 15 is 0 Å². The molecule has 0 spiro atoms. The van der Waals surface area contributed by atoms with E-state index < -0.39 is 0 Å². The highest BCUT2D eigenvalue weighted by molar-refractivity contribution is 6.01. The van der Waals surface area contributed by atoms with Gasteiger partial charge >= 0.3 is 0 Å². The second-order valence-electron chi connectivity index (χ2n) is 6.96. The summed E-state index contributed by atoms with van der Waals surface area (Å²) in [6.07, 6.45) is 7.77. The molecule has 1 heterocycles. The first-order valence-electron chi connectivity index (χ1n) is 9.32. The predicted molar refractivity (Wildman–Crippen MR) is 95.9 cm³/mol. The highest BCUT2D eigenvalue weighted by Crippen LogP contribution is 2.28. The second-order valence-corrected chi connectivity index (χ2v) is 6.96. The molecular weight excluding hydrogens is 300 g/mol. The molecule has 4 nitrogen and oxygen atoms in total. The Hall–Kier alpha value is -1.84. The first-order chi connectivity index (χ1) is 11.8. The van der Waals surface area contributed by atoms with Crippen molar-refractivity contribution in [1.29, 1.82) is 0 Å². The Kier molecular flexibility index (Phi) is 5.89. The van der Waals surface area contributed by atoms with Crippen molar-refractivity contribution in [3.63, 3.8) is 0 Å². The van der Waals surface area contributed by atoms with Crippen LogP contribution in [-0.4, -0.2) is 35.7 Å². The van der Waals surface area contributed by atoms with Gasteiger partial charge in [-0.05, 0) is 24.8 Å². The van der Waals surface area contributed by atoms with Crippen LogP contribution in [0.1, 0.15) is 57.4 Å². The number of carbonyl (C=O) groups is 1. The third-order valence-corrected chi connectivity index (χ3v) is 5.24. The summed E-state index contributed by atoms with van der Waals surface area (Å²) in [5, 5.41) is 4.22. The molecule has 0 saturated heterocycles. The van der Waals surface area contributed by atoms with Crippen LogP contribution in [0, 0.1) is 5.92 Å². The molecule has 3 rings (SSSR count). The maximum atomic E-state index is 12.5. The van der Waals surface area contributed by atoms with Crippen molar-refractivity contribution in [2.75, 3.05) is 13.1 Å². The summed E-state index contributed by atoms with van der Waals surface area (Å²) in [4.78, 5) is 20.0. The summed E-state index contributed by atoms with van der Waals surface area (Å²) in [6, 6.07) is 10.1. The van der Waals surface area contributed by atoms with Crippen molar-refractivity contribution in [1.82, 2.24) is 4.90 Å². The number of carbonyl (C=O) groups excluding carboxylic acids is 1. The molecule has 1 atom stereocenters. The van der Waals surface area contributed by atoms with Crippen LogP contribution < -0.4 is 0 Å². The summed E-state index contributed by atoms with van der Waals surface area (Å²) in [5.41, 5.74) is 2.09. The van der Waals surface area contributed by atoms with Crippen LogP contribution >= 0.6 is 0 Å². The molecule has 2 aliphatic rings. The molecule has 1 aromatic carbocycles. The maximum absolute atomic E-state index is 12.5. The Labute approximate surface area is 144 Å². The molecular formula is C20H28N2O2. The smallest absolute Gasteiger partial charge is 0.222 e. The Balaban J connectivity index is 1.46. The third kappa shape index (κ3) is 4.37. The van der Waals surface area contributed by atoms with E-state index in [4.69, 9.17) is 4.84 Å². The SMILES string of the molecule is CCN(CC1CC(c2ccccc2)=NO1)C(=O)CCC1CCCC1. The van der Waals surface area contributed by atoms with Gasteiger partial charge in [-0.1, -0.05) is 61.2 Å². The maximum Gasteiger partial charge on any atom is 0.222 e. The molecule has 1 aliphatic heterocycles. The Morgan fingerprint density at radius 3 is 2.71 bits per heavy atom. The van der Waals surface area contributed by atoms with Crippen LogP contribution in [-0.2, 0) is 9.63 Å². The Morgan fingerprint density at radius 1 is 1.25 bits per heavy atom. The van der Waals surface area contributed by atoms with Gasteiger partial charge in [0.2, 0.25) is 5.91 Å². The van der Waals surface area contributed by atoms with Crippen molar-refractivity contribution in [3.05, 3.63) is 35.9 Å². The van der Waals surface area contributed by atoms with Crippen LogP contribution in [0.5, 0.6) is 0 Å². The summed E-state index contributed by atoms with van der Waals surface area (Å²) in [7, 11) is 0. The van der Waals surface area contributed by atoms with E-state index in [1.54, 1.807) is 0 Å². The number of hydrogen-bond donors (Lipinski definition) is 0. The molecule has 1 unspecified atom stereocenters. The first-order valence-corrected chi connectivity index (χ1v) is 9.32. The zero-order valence-corrected chi connectivity index (χ0v) is 14.6. The van der Waals surface area contributed by atoms with Crippen molar-refractivity contribution in [2.24, 2.45) is 11.1 Å². The van der Waals surface area contributed by atoms with Crippen LogP contribution in [0.4, 0.5) is 0 Å². The lowest BCUT2D eigenvalue weighted by Gasteiger charge is -2.24. The Morgan fingerprint density at radius 2 is 2.00 bits per heavy atom. The largest absolute Gasteiger partial charge is 0.390 e. The van der Waals surface area contributed by atoms with E-state index in [2.05, 4.69) is 17.3 Å². The molecule has 1 saturated carbocycles. The number of hydrogen-bond acceptors (Lipinski definition) is 3. The van der Waals surface area contributed by atoms with Gasteiger partial charge in [-0.15, -0.1) is 0 Å². The molecule has 1 aliphatic carbocycles. The third-order valence-electron chi connectivity index (χ3n) is 5.24. The van der Waals surface area contributed by atoms with E-state index in [1.807, 2.05) is 30.0 Å². The molecule has 0 bridgehead atoms. The fourth-order valence-corrected chi connectivity index (χ4v) is 3.77. The summed E-state index contributed by atoms with van der Waals surface area (Å²) >= 11 is 0. The van der Waals surface area contributed by atoms with Gasteiger partial charge in [0.15, 0.2) is 6.10 Å². The van der Waals surface area contributed by atoms with Crippen molar-refractivity contribution >= 4 is 11.6 Å². The summed E-state index contributed by atoms with van der Waals surface area (Å²) < 4.78 is 0. The van der Waals surface area contributed by atoms with E-state index in [9.17, 15) is 4.79 Å². The number of likely N-dealkylation sites (N-methyl/N-ethyl adjacent to an activating group) is 1. The van der Waals surface area contributed by atoms with Gasteiger partial charge in [0.05, 0.1) is 12.3 Å². The number of nitrogens with zero attached hydrogens (tertiary/aromatic N) is 2.